The molecule has 3 N–H and O–H groups in total. The molecule has 1 aliphatic heterocycles. The smallest absolute Gasteiger partial charge is 0.115 e. The fourth-order valence-electron chi connectivity index (χ4n) is 2.82. The van der Waals surface area contributed by atoms with Crippen molar-refractivity contribution in [1.82, 2.24) is 5.32 Å². The van der Waals surface area contributed by atoms with Gasteiger partial charge in [0.15, 0.2) is 0 Å². The van der Waals surface area contributed by atoms with Gasteiger partial charge in [-0.1, -0.05) is 31.9 Å². The van der Waals surface area contributed by atoms with Gasteiger partial charge in [0.1, 0.15) is 5.75 Å². The van der Waals surface area contributed by atoms with E-state index in [2.05, 4.69) is 12.2 Å². The molecule has 0 aliphatic carbocycles. The third-order valence-corrected chi connectivity index (χ3v) is 3.75. The lowest BCUT2D eigenvalue weighted by atomic mass is 9.90. The number of rotatable bonds is 4. The fourth-order valence-corrected chi connectivity index (χ4v) is 2.82. The van der Waals surface area contributed by atoms with Crippen LogP contribution in [0.15, 0.2) is 24.3 Å². The molecule has 0 radical (unpaired) electrons. The van der Waals surface area contributed by atoms with E-state index in [0.29, 0.717) is 6.04 Å². The molecular formula is C15H23NO2. The Balaban J connectivity index is 2.02. The van der Waals surface area contributed by atoms with E-state index in [1.807, 2.05) is 6.07 Å². The molecule has 0 amide bonds. The Hall–Kier alpha value is -1.06. The maximum absolute atomic E-state index is 10.4. The monoisotopic (exact) mass is 249 g/mol. The molecule has 100 valence electrons. The van der Waals surface area contributed by atoms with Crippen molar-refractivity contribution in [1.29, 1.82) is 0 Å². The summed E-state index contributed by atoms with van der Waals surface area (Å²) < 4.78 is 0. The molecule has 1 heterocycles. The number of phenolic OH excluding ortho intramolecular Hbond substituents is 1. The number of nitrogens with one attached hydrogen (secondary N) is 1. The van der Waals surface area contributed by atoms with E-state index in [1.54, 1.807) is 18.2 Å². The van der Waals surface area contributed by atoms with E-state index in [-0.39, 0.29) is 11.8 Å². The van der Waals surface area contributed by atoms with Crippen LogP contribution in [0.5, 0.6) is 5.75 Å². The lowest BCUT2D eigenvalue weighted by molar-refractivity contribution is 0.0996. The van der Waals surface area contributed by atoms with Crippen LogP contribution in [0.3, 0.4) is 0 Å². The van der Waals surface area contributed by atoms with Crippen molar-refractivity contribution in [3.8, 4) is 5.75 Å². The normalized spacial score (nSPS) is 25.9. The predicted molar refractivity (Wildman–Crippen MR) is 72.5 cm³/mol. The highest BCUT2D eigenvalue weighted by molar-refractivity contribution is 5.29. The average Bonchev–Trinajstić information content (AvgIpc) is 2.39. The summed E-state index contributed by atoms with van der Waals surface area (Å²) in [5, 5.41) is 23.4. The average molecular weight is 249 g/mol. The molecule has 3 heteroatoms. The first-order valence-corrected chi connectivity index (χ1v) is 6.93. The molecule has 2 rings (SSSR count). The van der Waals surface area contributed by atoms with Crippen molar-refractivity contribution in [3.63, 3.8) is 0 Å². The van der Waals surface area contributed by atoms with Gasteiger partial charge < -0.3 is 15.5 Å². The van der Waals surface area contributed by atoms with Crippen molar-refractivity contribution in [2.75, 3.05) is 0 Å². The summed E-state index contributed by atoms with van der Waals surface area (Å²) in [6, 6.07) is 7.56. The van der Waals surface area contributed by atoms with Gasteiger partial charge in [0.05, 0.1) is 6.10 Å². The lowest BCUT2D eigenvalue weighted by Crippen LogP contribution is -2.45. The Labute approximate surface area is 109 Å². The van der Waals surface area contributed by atoms with Gasteiger partial charge in [-0.25, -0.2) is 0 Å². The Morgan fingerprint density at radius 1 is 1.39 bits per heavy atom. The van der Waals surface area contributed by atoms with Gasteiger partial charge in [-0.3, -0.25) is 0 Å². The summed E-state index contributed by atoms with van der Waals surface area (Å²) in [5.74, 6) is 0.215. The Bertz CT molecular complexity index is 379. The maximum Gasteiger partial charge on any atom is 0.115 e. The summed E-state index contributed by atoms with van der Waals surface area (Å²) in [5.41, 5.74) is 0.796. The molecule has 0 bridgehead atoms. The van der Waals surface area contributed by atoms with Gasteiger partial charge in [-0.05, 0) is 37.0 Å². The van der Waals surface area contributed by atoms with Gasteiger partial charge in [-0.2, -0.15) is 0 Å². The SMILES string of the molecule is CCC[C@H]1CCC[C@@H](C(O)c2cccc(O)c2)N1. The van der Waals surface area contributed by atoms with Crippen molar-refractivity contribution in [3.05, 3.63) is 29.8 Å². The molecule has 3 nitrogen and oxygen atoms in total. The summed E-state index contributed by atoms with van der Waals surface area (Å²) in [7, 11) is 0. The summed E-state index contributed by atoms with van der Waals surface area (Å²) in [6.45, 7) is 2.19. The minimum Gasteiger partial charge on any atom is -0.508 e. The van der Waals surface area contributed by atoms with Crippen LogP contribution in [0.25, 0.3) is 0 Å². The van der Waals surface area contributed by atoms with Crippen LogP contribution < -0.4 is 5.32 Å². The van der Waals surface area contributed by atoms with Crippen molar-refractivity contribution in [2.24, 2.45) is 0 Å². The van der Waals surface area contributed by atoms with Gasteiger partial charge in [-0.15, -0.1) is 0 Å². The van der Waals surface area contributed by atoms with Crippen molar-refractivity contribution >= 4 is 0 Å². The van der Waals surface area contributed by atoms with E-state index in [0.717, 1.165) is 18.4 Å². The third kappa shape index (κ3) is 3.24. The number of phenols is 1. The molecule has 1 aromatic rings. The Morgan fingerprint density at radius 3 is 2.94 bits per heavy atom. The number of piperidine rings is 1. The lowest BCUT2D eigenvalue weighted by Gasteiger charge is -2.34. The highest BCUT2D eigenvalue weighted by Gasteiger charge is 2.27. The van der Waals surface area contributed by atoms with Crippen LogP contribution in [0.1, 0.15) is 50.7 Å². The molecule has 0 saturated carbocycles. The highest BCUT2D eigenvalue weighted by atomic mass is 16.3. The van der Waals surface area contributed by atoms with E-state index in [4.69, 9.17) is 0 Å². The number of aliphatic hydroxyl groups excluding tert-OH is 1. The minimum atomic E-state index is -0.531. The second kappa shape index (κ2) is 6.21. The van der Waals surface area contributed by atoms with Crippen LogP contribution in [0, 0.1) is 0 Å². The molecule has 1 aliphatic rings. The minimum absolute atomic E-state index is 0.108. The van der Waals surface area contributed by atoms with Gasteiger partial charge in [0, 0.05) is 12.1 Å². The van der Waals surface area contributed by atoms with Crippen LogP contribution in [0.2, 0.25) is 0 Å². The largest absolute Gasteiger partial charge is 0.508 e. The molecule has 1 fully saturated rings. The fraction of sp³-hybridized carbons (Fsp3) is 0.600. The van der Waals surface area contributed by atoms with E-state index in [1.165, 1.54) is 19.3 Å². The van der Waals surface area contributed by atoms with Crippen LogP contribution in [-0.4, -0.2) is 22.3 Å². The van der Waals surface area contributed by atoms with Gasteiger partial charge >= 0.3 is 0 Å². The van der Waals surface area contributed by atoms with Gasteiger partial charge in [0.2, 0.25) is 0 Å². The molecular weight excluding hydrogens is 226 g/mol. The van der Waals surface area contributed by atoms with E-state index >= 15 is 0 Å². The zero-order chi connectivity index (χ0) is 13.0. The van der Waals surface area contributed by atoms with E-state index < -0.39 is 6.10 Å². The number of benzene rings is 1. The molecule has 0 aromatic heterocycles. The molecule has 1 saturated heterocycles. The quantitative estimate of drug-likeness (QED) is 0.769. The second-order valence-corrected chi connectivity index (χ2v) is 5.23. The first-order chi connectivity index (χ1) is 8.70. The first kappa shape index (κ1) is 13.4. The standard InChI is InChI=1S/C15H23NO2/c1-2-5-12-7-4-9-14(16-12)15(18)11-6-3-8-13(17)10-11/h3,6,8,10,12,14-18H,2,4-5,7,9H2,1H3/t12-,14-,15?/m0/s1. The summed E-state index contributed by atoms with van der Waals surface area (Å²) in [4.78, 5) is 0. The molecule has 1 unspecified atom stereocenters. The van der Waals surface area contributed by atoms with E-state index in [9.17, 15) is 10.2 Å². The number of hydrogen-bond acceptors (Lipinski definition) is 3. The van der Waals surface area contributed by atoms with Gasteiger partial charge in [0.25, 0.3) is 0 Å². The van der Waals surface area contributed by atoms with Crippen LogP contribution >= 0.6 is 0 Å². The molecule has 0 spiro atoms. The number of hydrogen-bond donors (Lipinski definition) is 3. The maximum atomic E-state index is 10.4. The predicted octanol–water partition coefficient (Wildman–Crippen LogP) is 2.74. The Morgan fingerprint density at radius 2 is 2.22 bits per heavy atom. The van der Waals surface area contributed by atoms with Crippen LogP contribution in [0.4, 0.5) is 0 Å². The molecule has 3 atom stereocenters. The number of aliphatic hydroxyl groups is 1. The number of aromatic hydroxyl groups is 1. The van der Waals surface area contributed by atoms with Crippen molar-refractivity contribution < 1.29 is 10.2 Å². The molecule has 18 heavy (non-hydrogen) atoms. The summed E-state index contributed by atoms with van der Waals surface area (Å²) >= 11 is 0. The van der Waals surface area contributed by atoms with Crippen LogP contribution in [-0.2, 0) is 0 Å². The Kier molecular flexibility index (Phi) is 4.61. The zero-order valence-electron chi connectivity index (χ0n) is 11.0. The molecule has 1 aromatic carbocycles. The summed E-state index contributed by atoms with van der Waals surface area (Å²) in [6.07, 6.45) is 5.18. The van der Waals surface area contributed by atoms with Crippen molar-refractivity contribution in [2.45, 2.75) is 57.2 Å². The second-order valence-electron chi connectivity index (χ2n) is 5.23. The topological polar surface area (TPSA) is 52.5 Å². The first-order valence-electron chi connectivity index (χ1n) is 6.93. The zero-order valence-corrected chi connectivity index (χ0v) is 11.0. The highest BCUT2D eigenvalue weighted by Crippen LogP contribution is 2.27. The third-order valence-electron chi connectivity index (χ3n) is 3.75.